The Hall–Kier alpha value is -1.08. The smallest absolute Gasteiger partial charge is 0.157 e. The molecule has 0 radical (unpaired) electrons. The third kappa shape index (κ3) is 2.83. The molecule has 3 atom stereocenters. The lowest BCUT2D eigenvalue weighted by Crippen LogP contribution is -2.18. The highest BCUT2D eigenvalue weighted by atomic mass is 32.2. The van der Waals surface area contributed by atoms with Crippen LogP contribution in [0.2, 0.25) is 0 Å². The first-order valence-electron chi connectivity index (χ1n) is 7.66. The molecule has 0 aromatic carbocycles. The Balaban J connectivity index is 1.83. The van der Waals surface area contributed by atoms with E-state index >= 15 is 0 Å². The second-order valence-corrected chi connectivity index (χ2v) is 7.23. The van der Waals surface area contributed by atoms with E-state index in [4.69, 9.17) is 0 Å². The molecule has 1 saturated heterocycles. The first kappa shape index (κ1) is 13.9. The first-order valence-corrected chi connectivity index (χ1v) is 8.54. The maximum absolute atomic E-state index is 11.5. The fourth-order valence-electron chi connectivity index (χ4n) is 3.49. The quantitative estimate of drug-likeness (QED) is 0.736. The van der Waals surface area contributed by atoms with Crippen molar-refractivity contribution in [3.05, 3.63) is 11.8 Å². The second kappa shape index (κ2) is 6.13. The predicted molar refractivity (Wildman–Crippen MR) is 81.4 cm³/mol. The van der Waals surface area contributed by atoms with Gasteiger partial charge in [0.05, 0.1) is 17.0 Å². The van der Waals surface area contributed by atoms with Crippen LogP contribution >= 0.6 is 11.8 Å². The van der Waals surface area contributed by atoms with Gasteiger partial charge in [0.25, 0.3) is 0 Å². The van der Waals surface area contributed by atoms with Crippen LogP contribution in [0.1, 0.15) is 51.4 Å². The molecule has 3 rings (SSSR count). The van der Waals surface area contributed by atoms with Gasteiger partial charge in [0.1, 0.15) is 0 Å². The summed E-state index contributed by atoms with van der Waals surface area (Å²) in [7, 11) is 0. The first-order chi connectivity index (χ1) is 9.78. The highest BCUT2D eigenvalue weighted by molar-refractivity contribution is 8.14. The summed E-state index contributed by atoms with van der Waals surface area (Å²) in [4.78, 5) is 16.2. The van der Waals surface area contributed by atoms with Crippen LogP contribution in [0.3, 0.4) is 0 Å². The lowest BCUT2D eigenvalue weighted by Gasteiger charge is -2.15. The average Bonchev–Trinajstić information content (AvgIpc) is 2.60. The molecule has 0 aromatic heterocycles. The van der Waals surface area contributed by atoms with Gasteiger partial charge in [-0.25, -0.2) is 4.99 Å². The number of aliphatic imine (C=N–C) groups is 1. The molecule has 1 saturated carbocycles. The summed E-state index contributed by atoms with van der Waals surface area (Å²) in [5, 5.41) is 11.1. The molecule has 2 aliphatic carbocycles. The fraction of sp³-hybridized carbons (Fsp3) is 0.688. The van der Waals surface area contributed by atoms with E-state index in [0.29, 0.717) is 17.6 Å². The molecule has 1 unspecified atom stereocenters. The number of thioether (sulfide) groups is 1. The molecular formula is C16H20N2OS. The fourth-order valence-corrected chi connectivity index (χ4v) is 5.10. The standard InChI is InChI=1S/C16H20N2OS/c17-10-14-13-7-2-1-3-8-15(13)20-16(14)18-11-5-4-6-12(19)9-11/h9,13-15H,1-8H2/t13-,14?,15-/m0/s1. The molecule has 106 valence electrons. The third-order valence-corrected chi connectivity index (χ3v) is 6.02. The van der Waals surface area contributed by atoms with Crippen LogP contribution in [0.5, 0.6) is 0 Å². The summed E-state index contributed by atoms with van der Waals surface area (Å²) < 4.78 is 0. The molecule has 0 aromatic rings. The van der Waals surface area contributed by atoms with Crippen molar-refractivity contribution in [3.8, 4) is 6.07 Å². The molecule has 3 nitrogen and oxygen atoms in total. The van der Waals surface area contributed by atoms with Crippen molar-refractivity contribution in [2.45, 2.75) is 56.6 Å². The van der Waals surface area contributed by atoms with Gasteiger partial charge in [0, 0.05) is 23.4 Å². The minimum Gasteiger partial charge on any atom is -0.295 e. The number of hydrogen-bond acceptors (Lipinski definition) is 4. The summed E-state index contributed by atoms with van der Waals surface area (Å²) >= 11 is 1.81. The van der Waals surface area contributed by atoms with Crippen molar-refractivity contribution in [2.75, 3.05) is 0 Å². The van der Waals surface area contributed by atoms with Gasteiger partial charge in [-0.3, -0.25) is 4.79 Å². The molecule has 0 bridgehead atoms. The highest BCUT2D eigenvalue weighted by Gasteiger charge is 2.42. The molecule has 3 aliphatic rings. The van der Waals surface area contributed by atoms with Gasteiger partial charge >= 0.3 is 0 Å². The number of nitriles is 1. The number of fused-ring (bicyclic) bond motifs is 1. The van der Waals surface area contributed by atoms with Crippen molar-refractivity contribution < 1.29 is 4.79 Å². The third-order valence-electron chi connectivity index (χ3n) is 4.55. The maximum Gasteiger partial charge on any atom is 0.157 e. The van der Waals surface area contributed by atoms with Crippen molar-refractivity contribution in [1.29, 1.82) is 5.26 Å². The molecule has 0 amide bonds. The van der Waals surface area contributed by atoms with E-state index in [1.807, 2.05) is 11.8 Å². The largest absolute Gasteiger partial charge is 0.295 e. The number of hydrogen-bond donors (Lipinski definition) is 0. The van der Waals surface area contributed by atoms with Gasteiger partial charge in [-0.15, -0.1) is 11.8 Å². The maximum atomic E-state index is 11.5. The SMILES string of the molecule is N#CC1C(=NC2=CC(=O)CCC2)S[C@H]2CCCCC[C@@H]12. The van der Waals surface area contributed by atoms with E-state index in [-0.39, 0.29) is 11.7 Å². The van der Waals surface area contributed by atoms with Crippen molar-refractivity contribution in [1.82, 2.24) is 0 Å². The van der Waals surface area contributed by atoms with Crippen LogP contribution in [-0.2, 0) is 4.79 Å². The number of allylic oxidation sites excluding steroid dienone is 2. The van der Waals surface area contributed by atoms with Gasteiger partial charge in [-0.2, -0.15) is 5.26 Å². The van der Waals surface area contributed by atoms with Crippen LogP contribution < -0.4 is 0 Å². The van der Waals surface area contributed by atoms with Crippen molar-refractivity contribution in [2.24, 2.45) is 16.8 Å². The monoisotopic (exact) mass is 288 g/mol. The number of carbonyl (C=O) groups is 1. The van der Waals surface area contributed by atoms with Crippen molar-refractivity contribution in [3.63, 3.8) is 0 Å². The summed E-state index contributed by atoms with van der Waals surface area (Å²) in [6.45, 7) is 0. The average molecular weight is 288 g/mol. The zero-order valence-corrected chi connectivity index (χ0v) is 12.5. The molecular weight excluding hydrogens is 268 g/mol. The predicted octanol–water partition coefficient (Wildman–Crippen LogP) is 3.86. The lowest BCUT2D eigenvalue weighted by atomic mass is 9.88. The van der Waals surface area contributed by atoms with Crippen molar-refractivity contribution >= 4 is 22.6 Å². The summed E-state index contributed by atoms with van der Waals surface area (Å²) in [5.41, 5.74) is 0.889. The van der Waals surface area contributed by atoms with Crippen LogP contribution in [0.25, 0.3) is 0 Å². The summed E-state index contributed by atoms with van der Waals surface area (Å²) in [5.74, 6) is 0.619. The molecule has 0 N–H and O–H groups in total. The van der Waals surface area contributed by atoms with Crippen LogP contribution in [-0.4, -0.2) is 16.1 Å². The van der Waals surface area contributed by atoms with E-state index in [1.54, 1.807) is 6.08 Å². The van der Waals surface area contributed by atoms with Crippen LogP contribution in [0.4, 0.5) is 0 Å². The summed E-state index contributed by atoms with van der Waals surface area (Å²) in [6.07, 6.45) is 10.3. The lowest BCUT2D eigenvalue weighted by molar-refractivity contribution is -0.115. The van der Waals surface area contributed by atoms with Gasteiger partial charge < -0.3 is 0 Å². The van der Waals surface area contributed by atoms with Gasteiger partial charge in [0.2, 0.25) is 0 Å². The highest BCUT2D eigenvalue weighted by Crippen LogP contribution is 2.46. The molecule has 0 spiro atoms. The molecule has 1 heterocycles. The van der Waals surface area contributed by atoms with Crippen LogP contribution in [0, 0.1) is 23.2 Å². The Morgan fingerprint density at radius 1 is 1.20 bits per heavy atom. The zero-order chi connectivity index (χ0) is 13.9. The minimum absolute atomic E-state index is 0.0407. The van der Waals surface area contributed by atoms with Gasteiger partial charge in [0.15, 0.2) is 5.78 Å². The Bertz CT molecular complexity index is 503. The number of nitrogens with zero attached hydrogens (tertiary/aromatic N) is 2. The second-order valence-electron chi connectivity index (χ2n) is 5.97. The number of ketones is 1. The normalized spacial score (nSPS) is 36.1. The number of carbonyl (C=O) groups excluding carboxylic acids is 1. The number of rotatable bonds is 1. The van der Waals surface area contributed by atoms with Gasteiger partial charge in [-0.05, 0) is 31.6 Å². The van der Waals surface area contributed by atoms with E-state index in [0.717, 1.165) is 30.0 Å². The minimum atomic E-state index is -0.0407. The molecule has 20 heavy (non-hydrogen) atoms. The molecule has 1 aliphatic heterocycles. The van der Waals surface area contributed by atoms with E-state index in [1.165, 1.54) is 25.7 Å². The van der Waals surface area contributed by atoms with E-state index < -0.39 is 0 Å². The van der Waals surface area contributed by atoms with E-state index in [2.05, 4.69) is 11.1 Å². The topological polar surface area (TPSA) is 53.2 Å². The summed E-state index contributed by atoms with van der Waals surface area (Å²) in [6, 6.07) is 2.48. The van der Waals surface area contributed by atoms with Crippen LogP contribution in [0.15, 0.2) is 16.8 Å². The Morgan fingerprint density at radius 2 is 2.05 bits per heavy atom. The Kier molecular flexibility index (Phi) is 4.26. The Morgan fingerprint density at radius 3 is 2.85 bits per heavy atom. The Labute approximate surface area is 124 Å². The molecule has 2 fully saturated rings. The zero-order valence-electron chi connectivity index (χ0n) is 11.7. The molecule has 4 heteroatoms. The van der Waals surface area contributed by atoms with E-state index in [9.17, 15) is 10.1 Å². The van der Waals surface area contributed by atoms with Gasteiger partial charge in [-0.1, -0.05) is 19.3 Å².